The van der Waals surface area contributed by atoms with Crippen LogP contribution in [0.25, 0.3) is 0 Å². The summed E-state index contributed by atoms with van der Waals surface area (Å²) in [5.41, 5.74) is 2.03. The van der Waals surface area contributed by atoms with Gasteiger partial charge in [-0.2, -0.15) is 0 Å². The Morgan fingerprint density at radius 1 is 1.40 bits per heavy atom. The van der Waals surface area contributed by atoms with Crippen molar-refractivity contribution < 1.29 is 0 Å². The second kappa shape index (κ2) is 2.58. The molecule has 3 heteroatoms. The van der Waals surface area contributed by atoms with Gasteiger partial charge in [0.25, 0.3) is 5.56 Å². The Labute approximate surface area is 67.8 Å². The van der Waals surface area contributed by atoms with E-state index in [0.717, 1.165) is 11.3 Å². The fraction of sp³-hybridized carbons (Fsp3) is 0.286. The van der Waals surface area contributed by atoms with Crippen molar-refractivity contribution in [3.05, 3.63) is 33.7 Å². The van der Waals surface area contributed by atoms with Crippen LogP contribution in [0, 0.1) is 13.8 Å². The maximum atomic E-state index is 10.9. The standard InChI is InChI=1S/C7H8BrNO/c1-5-3-4-7(10)9(8)6(5)2/h3-4H,1-2H3. The van der Waals surface area contributed by atoms with Gasteiger partial charge in [0.05, 0.1) is 16.1 Å². The highest BCUT2D eigenvalue weighted by atomic mass is 79.9. The predicted molar refractivity (Wildman–Crippen MR) is 44.5 cm³/mol. The molecular formula is C7H8BrNO. The quantitative estimate of drug-likeness (QED) is 0.626. The monoisotopic (exact) mass is 201 g/mol. The van der Waals surface area contributed by atoms with Crippen molar-refractivity contribution in [2.75, 3.05) is 0 Å². The maximum Gasteiger partial charge on any atom is 0.260 e. The van der Waals surface area contributed by atoms with Crippen LogP contribution in [0.5, 0.6) is 0 Å². The Balaban J connectivity index is 3.49. The molecule has 1 heterocycles. The molecule has 1 aromatic heterocycles. The van der Waals surface area contributed by atoms with E-state index in [9.17, 15) is 4.79 Å². The lowest BCUT2D eigenvalue weighted by molar-refractivity contribution is 1.06. The Bertz CT molecular complexity index is 303. The third-order valence-corrected chi connectivity index (χ3v) is 2.42. The summed E-state index contributed by atoms with van der Waals surface area (Å²) in [5, 5.41) is 0. The van der Waals surface area contributed by atoms with Crippen LogP contribution >= 0.6 is 16.1 Å². The summed E-state index contributed by atoms with van der Waals surface area (Å²) >= 11 is 3.13. The average molecular weight is 202 g/mol. The van der Waals surface area contributed by atoms with Gasteiger partial charge in [0.15, 0.2) is 0 Å². The van der Waals surface area contributed by atoms with E-state index in [1.165, 1.54) is 9.66 Å². The molecule has 0 unspecified atom stereocenters. The summed E-state index contributed by atoms with van der Waals surface area (Å²) < 4.78 is 1.46. The zero-order valence-electron chi connectivity index (χ0n) is 5.89. The number of aromatic nitrogens is 1. The van der Waals surface area contributed by atoms with Gasteiger partial charge in [0.1, 0.15) is 0 Å². The molecule has 0 saturated heterocycles. The molecule has 0 saturated carbocycles. The minimum absolute atomic E-state index is 0.0249. The number of halogens is 1. The second-order valence-electron chi connectivity index (χ2n) is 2.22. The van der Waals surface area contributed by atoms with E-state index in [1.807, 2.05) is 19.9 Å². The minimum Gasteiger partial charge on any atom is -0.268 e. The normalized spacial score (nSPS) is 9.90. The first-order chi connectivity index (χ1) is 4.63. The molecule has 0 aliphatic carbocycles. The van der Waals surface area contributed by atoms with Crippen LogP contribution in [0.2, 0.25) is 0 Å². The predicted octanol–water partition coefficient (Wildman–Crippen LogP) is 1.62. The first-order valence-corrected chi connectivity index (χ1v) is 3.69. The smallest absolute Gasteiger partial charge is 0.260 e. The molecule has 0 fully saturated rings. The molecule has 0 aliphatic heterocycles. The van der Waals surface area contributed by atoms with Gasteiger partial charge in [-0.05, 0) is 19.4 Å². The topological polar surface area (TPSA) is 22.0 Å². The second-order valence-corrected chi connectivity index (χ2v) is 2.93. The van der Waals surface area contributed by atoms with Crippen molar-refractivity contribution in [3.63, 3.8) is 0 Å². The lowest BCUT2D eigenvalue weighted by Crippen LogP contribution is -2.13. The highest BCUT2D eigenvalue weighted by Crippen LogP contribution is 2.03. The van der Waals surface area contributed by atoms with Gasteiger partial charge in [-0.25, -0.2) is 3.59 Å². The van der Waals surface area contributed by atoms with Gasteiger partial charge in [0, 0.05) is 11.8 Å². The van der Waals surface area contributed by atoms with E-state index in [2.05, 4.69) is 16.1 Å². The highest BCUT2D eigenvalue weighted by Gasteiger charge is 1.97. The zero-order valence-corrected chi connectivity index (χ0v) is 7.47. The lowest BCUT2D eigenvalue weighted by atomic mass is 10.2. The molecule has 1 rings (SSSR count). The van der Waals surface area contributed by atoms with Crippen LogP contribution in [0.4, 0.5) is 0 Å². The molecule has 0 radical (unpaired) electrons. The summed E-state index contributed by atoms with van der Waals surface area (Å²) in [5.74, 6) is 0. The number of hydrogen-bond donors (Lipinski definition) is 0. The number of nitrogens with zero attached hydrogens (tertiary/aromatic N) is 1. The van der Waals surface area contributed by atoms with Crippen molar-refractivity contribution in [1.29, 1.82) is 0 Å². The van der Waals surface area contributed by atoms with Crippen LogP contribution in [-0.4, -0.2) is 3.59 Å². The molecule has 0 aliphatic rings. The summed E-state index contributed by atoms with van der Waals surface area (Å²) in [6.07, 6.45) is 0. The Morgan fingerprint density at radius 3 is 2.50 bits per heavy atom. The Morgan fingerprint density at radius 2 is 2.00 bits per heavy atom. The van der Waals surface area contributed by atoms with Crippen LogP contribution in [0.3, 0.4) is 0 Å². The largest absolute Gasteiger partial charge is 0.268 e. The summed E-state index contributed by atoms with van der Waals surface area (Å²) in [6.45, 7) is 3.86. The number of aryl methyl sites for hydroxylation is 1. The molecule has 0 bridgehead atoms. The van der Waals surface area contributed by atoms with Crippen LogP contribution < -0.4 is 5.56 Å². The van der Waals surface area contributed by atoms with Crippen molar-refractivity contribution in [2.45, 2.75) is 13.8 Å². The molecule has 54 valence electrons. The first kappa shape index (κ1) is 7.54. The molecule has 0 aromatic carbocycles. The summed E-state index contributed by atoms with van der Waals surface area (Å²) in [4.78, 5) is 10.9. The Hall–Kier alpha value is -0.570. The number of pyridine rings is 1. The number of rotatable bonds is 0. The molecule has 0 spiro atoms. The lowest BCUT2D eigenvalue weighted by Gasteiger charge is -2.01. The van der Waals surface area contributed by atoms with Gasteiger partial charge in [-0.1, -0.05) is 6.07 Å². The van der Waals surface area contributed by atoms with Crippen LogP contribution in [-0.2, 0) is 0 Å². The average Bonchev–Trinajstić information content (AvgIpc) is 1.93. The summed E-state index contributed by atoms with van der Waals surface area (Å²) in [7, 11) is 0. The molecule has 10 heavy (non-hydrogen) atoms. The summed E-state index contributed by atoms with van der Waals surface area (Å²) in [6, 6.07) is 3.35. The molecule has 0 amide bonds. The van der Waals surface area contributed by atoms with E-state index >= 15 is 0 Å². The third-order valence-electron chi connectivity index (χ3n) is 1.53. The van der Waals surface area contributed by atoms with Crippen LogP contribution in [0.15, 0.2) is 16.9 Å². The fourth-order valence-electron chi connectivity index (χ4n) is 0.702. The first-order valence-electron chi connectivity index (χ1n) is 2.98. The minimum atomic E-state index is -0.0249. The van der Waals surface area contributed by atoms with Gasteiger partial charge in [-0.15, -0.1) is 0 Å². The van der Waals surface area contributed by atoms with Crippen molar-refractivity contribution in [2.24, 2.45) is 0 Å². The molecule has 0 N–H and O–H groups in total. The van der Waals surface area contributed by atoms with Gasteiger partial charge in [-0.3, -0.25) is 4.79 Å². The van der Waals surface area contributed by atoms with E-state index in [4.69, 9.17) is 0 Å². The van der Waals surface area contributed by atoms with E-state index in [0.29, 0.717) is 0 Å². The van der Waals surface area contributed by atoms with Gasteiger partial charge in [0.2, 0.25) is 0 Å². The SMILES string of the molecule is Cc1ccc(=O)n(Br)c1C. The molecule has 1 aromatic rings. The molecular weight excluding hydrogens is 194 g/mol. The van der Waals surface area contributed by atoms with Crippen molar-refractivity contribution >= 4 is 16.1 Å². The maximum absolute atomic E-state index is 10.9. The van der Waals surface area contributed by atoms with E-state index in [1.54, 1.807) is 0 Å². The van der Waals surface area contributed by atoms with E-state index < -0.39 is 0 Å². The van der Waals surface area contributed by atoms with E-state index in [-0.39, 0.29) is 5.56 Å². The Kier molecular flexibility index (Phi) is 1.94. The van der Waals surface area contributed by atoms with Gasteiger partial charge >= 0.3 is 0 Å². The van der Waals surface area contributed by atoms with Crippen LogP contribution in [0.1, 0.15) is 11.3 Å². The zero-order chi connectivity index (χ0) is 7.72. The number of hydrogen-bond acceptors (Lipinski definition) is 1. The molecule has 0 atom stereocenters. The van der Waals surface area contributed by atoms with Crippen molar-refractivity contribution in [1.82, 2.24) is 3.59 Å². The highest BCUT2D eigenvalue weighted by molar-refractivity contribution is 9.08. The van der Waals surface area contributed by atoms with Crippen molar-refractivity contribution in [3.8, 4) is 0 Å². The molecule has 2 nitrogen and oxygen atoms in total. The van der Waals surface area contributed by atoms with Gasteiger partial charge < -0.3 is 0 Å². The third kappa shape index (κ3) is 1.14. The fourth-order valence-corrected chi connectivity index (χ4v) is 1.10.